The number of hydrogen-bond acceptors (Lipinski definition) is 6. The van der Waals surface area contributed by atoms with Gasteiger partial charge in [-0.25, -0.2) is 0 Å². The van der Waals surface area contributed by atoms with Gasteiger partial charge in [-0.1, -0.05) is 18.2 Å². The molecule has 0 saturated carbocycles. The van der Waals surface area contributed by atoms with Crippen LogP contribution in [0.15, 0.2) is 60.0 Å². The van der Waals surface area contributed by atoms with E-state index in [1.807, 2.05) is 24.3 Å². The van der Waals surface area contributed by atoms with Crippen LogP contribution in [-0.2, 0) is 0 Å². The second-order valence-corrected chi connectivity index (χ2v) is 6.03. The number of benzene rings is 2. The van der Waals surface area contributed by atoms with Crippen LogP contribution in [0.1, 0.15) is 17.0 Å². The van der Waals surface area contributed by atoms with Crippen molar-refractivity contribution in [1.82, 2.24) is 10.2 Å². The van der Waals surface area contributed by atoms with E-state index in [0.29, 0.717) is 16.8 Å². The van der Waals surface area contributed by atoms with Gasteiger partial charge in [0.15, 0.2) is 0 Å². The lowest BCUT2D eigenvalue weighted by Gasteiger charge is -2.24. The third-order valence-corrected chi connectivity index (χ3v) is 4.57. The predicted molar refractivity (Wildman–Crippen MR) is 98.0 cm³/mol. The van der Waals surface area contributed by atoms with Crippen LogP contribution >= 0.6 is 0 Å². The van der Waals surface area contributed by atoms with Gasteiger partial charge < -0.3 is 20.3 Å². The van der Waals surface area contributed by atoms with Gasteiger partial charge in [-0.15, -0.1) is 5.10 Å². The van der Waals surface area contributed by atoms with Crippen molar-refractivity contribution in [2.45, 2.75) is 5.92 Å². The van der Waals surface area contributed by atoms with Crippen molar-refractivity contribution in [3.8, 4) is 34.7 Å². The number of H-pyrrole nitrogens is 1. The molecule has 0 saturated heterocycles. The molecule has 3 aromatic rings. The second-order valence-electron chi connectivity index (χ2n) is 6.03. The quantitative estimate of drug-likeness (QED) is 0.661. The summed E-state index contributed by atoms with van der Waals surface area (Å²) in [7, 11) is 1.60. The second kappa shape index (κ2) is 6.42. The molecule has 0 fully saturated rings. The van der Waals surface area contributed by atoms with Crippen molar-refractivity contribution in [2.24, 2.45) is 5.73 Å². The molecule has 0 radical (unpaired) electrons. The Morgan fingerprint density at radius 1 is 1.22 bits per heavy atom. The lowest BCUT2D eigenvalue weighted by Crippen LogP contribution is -2.21. The van der Waals surface area contributed by atoms with E-state index in [9.17, 15) is 10.4 Å². The number of aromatic hydroxyl groups is 1. The number of nitriles is 1. The number of phenolic OH excluding ortho intramolecular Hbond substituents is 1. The molecule has 2 aromatic carbocycles. The van der Waals surface area contributed by atoms with Gasteiger partial charge in [0, 0.05) is 11.1 Å². The zero-order chi connectivity index (χ0) is 19.0. The fraction of sp³-hybridized carbons (Fsp3) is 0.100. The Morgan fingerprint density at radius 2 is 1.96 bits per heavy atom. The van der Waals surface area contributed by atoms with Gasteiger partial charge in [0.1, 0.15) is 23.1 Å². The molecule has 134 valence electrons. The summed E-state index contributed by atoms with van der Waals surface area (Å²) in [4.78, 5) is 0. The van der Waals surface area contributed by atoms with Crippen LogP contribution in [0.2, 0.25) is 0 Å². The maximum atomic E-state index is 10.4. The first-order valence-electron chi connectivity index (χ1n) is 8.22. The van der Waals surface area contributed by atoms with E-state index >= 15 is 0 Å². The summed E-state index contributed by atoms with van der Waals surface area (Å²) in [5.41, 5.74) is 8.89. The minimum Gasteiger partial charge on any atom is -0.508 e. The Kier molecular flexibility index (Phi) is 3.94. The molecule has 2 heterocycles. The van der Waals surface area contributed by atoms with E-state index in [-0.39, 0.29) is 23.1 Å². The number of rotatable bonds is 3. The minimum absolute atomic E-state index is 0.0222. The molecule has 4 N–H and O–H groups in total. The summed E-state index contributed by atoms with van der Waals surface area (Å²) in [6.45, 7) is 0. The van der Waals surface area contributed by atoms with Gasteiger partial charge >= 0.3 is 0 Å². The number of nitrogens with zero attached hydrogens (tertiary/aromatic N) is 2. The number of allylic oxidation sites excluding steroid dienone is 1. The summed E-state index contributed by atoms with van der Waals surface area (Å²) in [5.74, 6) is 0.452. The van der Waals surface area contributed by atoms with Crippen molar-refractivity contribution in [3.63, 3.8) is 0 Å². The summed E-state index contributed by atoms with van der Waals surface area (Å²) in [6.07, 6.45) is 0. The molecule has 4 rings (SSSR count). The third-order valence-electron chi connectivity index (χ3n) is 4.57. The molecule has 0 aliphatic carbocycles. The Labute approximate surface area is 155 Å². The highest BCUT2D eigenvalue weighted by atomic mass is 16.5. The minimum atomic E-state index is -0.601. The molecular formula is C20H16N4O3. The normalized spacial score (nSPS) is 15.6. The summed E-state index contributed by atoms with van der Waals surface area (Å²) in [6, 6.07) is 16.4. The first-order valence-corrected chi connectivity index (χ1v) is 8.22. The number of fused-ring (bicyclic) bond motifs is 1. The average Bonchev–Trinajstić information content (AvgIpc) is 3.11. The first kappa shape index (κ1) is 16.5. The SMILES string of the molecule is COc1ccc(-c2[nH]nc3c2C(c2ccccc2O)C(C#N)=C(N)O3)cc1. The molecule has 1 unspecified atom stereocenters. The number of methoxy groups -OCH3 is 1. The van der Waals surface area contributed by atoms with E-state index in [1.165, 1.54) is 0 Å². The Bertz CT molecular complexity index is 1080. The maximum Gasteiger partial charge on any atom is 0.244 e. The van der Waals surface area contributed by atoms with Crippen molar-refractivity contribution in [3.05, 3.63) is 71.1 Å². The highest BCUT2D eigenvalue weighted by Crippen LogP contribution is 2.47. The van der Waals surface area contributed by atoms with Gasteiger partial charge in [0.2, 0.25) is 11.8 Å². The average molecular weight is 360 g/mol. The number of para-hydroxylation sites is 1. The molecular weight excluding hydrogens is 344 g/mol. The topological polar surface area (TPSA) is 117 Å². The largest absolute Gasteiger partial charge is 0.508 e. The van der Waals surface area contributed by atoms with Crippen LogP contribution in [0.3, 0.4) is 0 Å². The van der Waals surface area contributed by atoms with E-state index in [2.05, 4.69) is 16.3 Å². The van der Waals surface area contributed by atoms with Gasteiger partial charge in [-0.2, -0.15) is 5.26 Å². The molecule has 7 heteroatoms. The number of hydrogen-bond donors (Lipinski definition) is 3. The molecule has 7 nitrogen and oxygen atoms in total. The fourth-order valence-corrected chi connectivity index (χ4v) is 3.27. The summed E-state index contributed by atoms with van der Waals surface area (Å²) < 4.78 is 10.8. The molecule has 1 aromatic heterocycles. The Morgan fingerprint density at radius 3 is 2.63 bits per heavy atom. The zero-order valence-corrected chi connectivity index (χ0v) is 14.4. The number of aromatic amines is 1. The smallest absolute Gasteiger partial charge is 0.244 e. The zero-order valence-electron chi connectivity index (χ0n) is 14.4. The van der Waals surface area contributed by atoms with Crippen molar-refractivity contribution >= 4 is 0 Å². The van der Waals surface area contributed by atoms with Crippen LogP contribution in [0.25, 0.3) is 11.3 Å². The maximum absolute atomic E-state index is 10.4. The number of aromatic nitrogens is 2. The lowest BCUT2D eigenvalue weighted by molar-refractivity contribution is 0.377. The van der Waals surface area contributed by atoms with Crippen LogP contribution < -0.4 is 15.2 Å². The highest BCUT2D eigenvalue weighted by molar-refractivity contribution is 5.71. The standard InChI is InChI=1S/C20H16N4O3/c1-26-12-8-6-11(7-9-12)18-17-16(13-4-2-3-5-15(13)25)14(10-21)19(22)27-20(17)24-23-18/h2-9,16,25H,22H2,1H3,(H,23,24). The fourth-order valence-electron chi connectivity index (χ4n) is 3.27. The summed E-state index contributed by atoms with van der Waals surface area (Å²) >= 11 is 0. The third kappa shape index (κ3) is 2.64. The molecule has 1 aliphatic rings. The number of nitrogens with one attached hydrogen (secondary N) is 1. The molecule has 0 bridgehead atoms. The number of nitrogens with two attached hydrogens (primary N) is 1. The molecule has 0 spiro atoms. The lowest BCUT2D eigenvalue weighted by atomic mass is 9.82. The van der Waals surface area contributed by atoms with Crippen LogP contribution in [0.4, 0.5) is 0 Å². The molecule has 0 amide bonds. The van der Waals surface area contributed by atoms with Crippen LogP contribution in [-0.4, -0.2) is 22.4 Å². The van der Waals surface area contributed by atoms with Gasteiger partial charge in [-0.05, 0) is 30.3 Å². The van der Waals surface area contributed by atoms with E-state index in [0.717, 1.165) is 11.3 Å². The van der Waals surface area contributed by atoms with Crippen LogP contribution in [0.5, 0.6) is 17.4 Å². The van der Waals surface area contributed by atoms with Gasteiger partial charge in [0.25, 0.3) is 0 Å². The molecule has 1 aliphatic heterocycles. The Hall–Kier alpha value is -3.92. The highest BCUT2D eigenvalue weighted by Gasteiger charge is 2.36. The van der Waals surface area contributed by atoms with Crippen LogP contribution in [0, 0.1) is 11.3 Å². The summed E-state index contributed by atoms with van der Waals surface area (Å²) in [5, 5.41) is 27.3. The molecule has 27 heavy (non-hydrogen) atoms. The van der Waals surface area contributed by atoms with E-state index in [4.69, 9.17) is 15.2 Å². The monoisotopic (exact) mass is 360 g/mol. The Balaban J connectivity index is 1.93. The number of ether oxygens (including phenoxy) is 2. The van der Waals surface area contributed by atoms with E-state index in [1.54, 1.807) is 31.4 Å². The van der Waals surface area contributed by atoms with Crippen molar-refractivity contribution in [1.29, 1.82) is 5.26 Å². The van der Waals surface area contributed by atoms with Crippen molar-refractivity contribution < 1.29 is 14.6 Å². The van der Waals surface area contributed by atoms with Crippen molar-refractivity contribution in [2.75, 3.05) is 7.11 Å². The predicted octanol–water partition coefficient (Wildman–Crippen LogP) is 3.01. The molecule has 1 atom stereocenters. The first-order chi connectivity index (χ1) is 13.1. The van der Waals surface area contributed by atoms with Gasteiger partial charge in [0.05, 0.1) is 24.3 Å². The van der Waals surface area contributed by atoms with Gasteiger partial charge in [-0.3, -0.25) is 5.10 Å². The van der Waals surface area contributed by atoms with E-state index < -0.39 is 5.92 Å². The number of phenols is 1.